The fourth-order valence-electron chi connectivity index (χ4n) is 1.19. The third kappa shape index (κ3) is 4.44. The Bertz CT molecular complexity index is 423. The second kappa shape index (κ2) is 6.71. The zero-order chi connectivity index (χ0) is 12.8. The number of benzene rings is 1. The van der Waals surface area contributed by atoms with Crippen LogP contribution in [0.15, 0.2) is 40.2 Å². The van der Waals surface area contributed by atoms with Crippen molar-refractivity contribution in [3.05, 3.63) is 35.3 Å². The summed E-state index contributed by atoms with van der Waals surface area (Å²) in [5, 5.41) is 2.57. The number of hydrogen-bond acceptors (Lipinski definition) is 3. The quantitative estimate of drug-likeness (QED) is 0.499. The second-order valence-corrected chi connectivity index (χ2v) is 5.77. The second-order valence-electron chi connectivity index (χ2n) is 3.48. The summed E-state index contributed by atoms with van der Waals surface area (Å²) < 4.78 is 0.933. The first-order valence-electron chi connectivity index (χ1n) is 5.15. The maximum absolute atomic E-state index is 11.7. The lowest BCUT2D eigenvalue weighted by Crippen LogP contribution is -2.30. The van der Waals surface area contributed by atoms with E-state index in [1.54, 1.807) is 6.08 Å². The molecule has 0 aliphatic heterocycles. The molecule has 0 spiro atoms. The molecule has 92 valence electrons. The number of carbonyl (C=O) groups is 1. The van der Waals surface area contributed by atoms with Crippen LogP contribution in [0.3, 0.4) is 0 Å². The lowest BCUT2D eigenvalue weighted by molar-refractivity contribution is -0.120. The van der Waals surface area contributed by atoms with E-state index in [0.29, 0.717) is 12.2 Å². The van der Waals surface area contributed by atoms with Crippen LogP contribution in [0.2, 0.25) is 0 Å². The molecule has 1 unspecified atom stereocenters. The number of carbonyl (C=O) groups excluding carboxylic acids is 1. The van der Waals surface area contributed by atoms with Crippen molar-refractivity contribution >= 4 is 39.3 Å². The van der Waals surface area contributed by atoms with Gasteiger partial charge >= 0.3 is 0 Å². The Morgan fingerprint density at radius 1 is 1.71 bits per heavy atom. The predicted molar refractivity (Wildman–Crippen MR) is 77.1 cm³/mol. The fourth-order valence-corrected chi connectivity index (χ4v) is 2.48. The normalized spacial score (nSPS) is 11.9. The Morgan fingerprint density at radius 3 is 3.00 bits per heavy atom. The van der Waals surface area contributed by atoms with Crippen LogP contribution >= 0.6 is 27.7 Å². The van der Waals surface area contributed by atoms with Gasteiger partial charge in [0, 0.05) is 21.6 Å². The van der Waals surface area contributed by atoms with E-state index >= 15 is 0 Å². The molecule has 0 aliphatic rings. The van der Waals surface area contributed by atoms with Crippen molar-refractivity contribution in [3.63, 3.8) is 0 Å². The summed E-state index contributed by atoms with van der Waals surface area (Å²) >= 11 is 4.79. The van der Waals surface area contributed by atoms with E-state index in [4.69, 9.17) is 5.73 Å². The SMILES string of the molecule is C=CCNC(=O)C(C)Sc1ccc(Br)cc1N. The highest BCUT2D eigenvalue weighted by molar-refractivity contribution is 9.10. The van der Waals surface area contributed by atoms with Crippen LogP contribution in [0.5, 0.6) is 0 Å². The maximum atomic E-state index is 11.7. The Hall–Kier alpha value is -0.940. The number of halogens is 1. The molecule has 0 fully saturated rings. The van der Waals surface area contributed by atoms with Crippen LogP contribution in [0.25, 0.3) is 0 Å². The highest BCUT2D eigenvalue weighted by atomic mass is 79.9. The van der Waals surface area contributed by atoms with E-state index < -0.39 is 0 Å². The van der Waals surface area contributed by atoms with Gasteiger partial charge in [-0.2, -0.15) is 0 Å². The van der Waals surface area contributed by atoms with Gasteiger partial charge in [0.25, 0.3) is 0 Å². The molecule has 0 heterocycles. The predicted octanol–water partition coefficient (Wildman–Crippen LogP) is 2.81. The smallest absolute Gasteiger partial charge is 0.233 e. The van der Waals surface area contributed by atoms with Crippen molar-refractivity contribution in [3.8, 4) is 0 Å². The van der Waals surface area contributed by atoms with Gasteiger partial charge in [0.05, 0.1) is 5.25 Å². The standard InChI is InChI=1S/C12H15BrN2OS/c1-3-6-15-12(16)8(2)17-11-5-4-9(13)7-10(11)14/h3-5,7-8H,1,6,14H2,2H3,(H,15,16). The van der Waals surface area contributed by atoms with Crippen molar-refractivity contribution in [2.75, 3.05) is 12.3 Å². The molecule has 0 radical (unpaired) electrons. The summed E-state index contributed by atoms with van der Waals surface area (Å²) in [7, 11) is 0. The monoisotopic (exact) mass is 314 g/mol. The summed E-state index contributed by atoms with van der Waals surface area (Å²) in [6.07, 6.45) is 1.66. The molecule has 1 atom stereocenters. The van der Waals surface area contributed by atoms with E-state index in [-0.39, 0.29) is 11.2 Å². The molecule has 0 aromatic heterocycles. The highest BCUT2D eigenvalue weighted by Crippen LogP contribution is 2.30. The molecule has 1 amide bonds. The third-order valence-electron chi connectivity index (χ3n) is 2.07. The van der Waals surface area contributed by atoms with Gasteiger partial charge in [-0.3, -0.25) is 4.79 Å². The minimum atomic E-state index is -0.182. The number of nitrogens with one attached hydrogen (secondary N) is 1. The molecule has 0 aliphatic carbocycles. The Balaban J connectivity index is 2.64. The van der Waals surface area contributed by atoms with Crippen LogP contribution in [0.1, 0.15) is 6.92 Å². The van der Waals surface area contributed by atoms with Crippen molar-refractivity contribution < 1.29 is 4.79 Å². The summed E-state index contributed by atoms with van der Waals surface area (Å²) in [5.41, 5.74) is 6.55. The lowest BCUT2D eigenvalue weighted by Gasteiger charge is -2.12. The molecular formula is C12H15BrN2OS. The minimum absolute atomic E-state index is 0.0165. The van der Waals surface area contributed by atoms with Gasteiger partial charge in [0.2, 0.25) is 5.91 Å². The van der Waals surface area contributed by atoms with Crippen LogP contribution in [-0.4, -0.2) is 17.7 Å². The molecule has 3 N–H and O–H groups in total. The number of anilines is 1. The average molecular weight is 315 g/mol. The van der Waals surface area contributed by atoms with E-state index in [1.807, 2.05) is 25.1 Å². The topological polar surface area (TPSA) is 55.1 Å². The summed E-state index contributed by atoms with van der Waals surface area (Å²) in [6, 6.07) is 5.64. The first kappa shape index (κ1) is 14.1. The molecule has 0 saturated heterocycles. The van der Waals surface area contributed by atoms with Crippen LogP contribution in [0, 0.1) is 0 Å². The van der Waals surface area contributed by atoms with Crippen molar-refractivity contribution in [1.82, 2.24) is 5.32 Å². The Morgan fingerprint density at radius 2 is 2.41 bits per heavy atom. The summed E-state index contributed by atoms with van der Waals surface area (Å²) in [6.45, 7) is 5.89. The first-order chi connectivity index (χ1) is 8.04. The molecular weight excluding hydrogens is 300 g/mol. The van der Waals surface area contributed by atoms with Crippen LogP contribution in [-0.2, 0) is 4.79 Å². The summed E-state index contributed by atoms with van der Waals surface area (Å²) in [4.78, 5) is 12.6. The minimum Gasteiger partial charge on any atom is -0.398 e. The van der Waals surface area contributed by atoms with Gasteiger partial charge in [0.15, 0.2) is 0 Å². The molecule has 17 heavy (non-hydrogen) atoms. The number of hydrogen-bond donors (Lipinski definition) is 2. The van der Waals surface area contributed by atoms with Gasteiger partial charge in [-0.25, -0.2) is 0 Å². The van der Waals surface area contributed by atoms with Gasteiger partial charge in [-0.1, -0.05) is 22.0 Å². The first-order valence-corrected chi connectivity index (χ1v) is 6.82. The molecule has 0 bridgehead atoms. The third-order valence-corrected chi connectivity index (χ3v) is 3.75. The van der Waals surface area contributed by atoms with E-state index in [9.17, 15) is 4.79 Å². The fraction of sp³-hybridized carbons (Fsp3) is 0.250. The number of rotatable bonds is 5. The number of thioether (sulfide) groups is 1. The maximum Gasteiger partial charge on any atom is 0.233 e. The highest BCUT2D eigenvalue weighted by Gasteiger charge is 2.14. The van der Waals surface area contributed by atoms with E-state index in [2.05, 4.69) is 27.8 Å². The van der Waals surface area contributed by atoms with Crippen molar-refractivity contribution in [2.45, 2.75) is 17.1 Å². The average Bonchev–Trinajstić information content (AvgIpc) is 2.29. The van der Waals surface area contributed by atoms with Crippen molar-refractivity contribution in [2.24, 2.45) is 0 Å². The van der Waals surface area contributed by atoms with E-state index in [0.717, 1.165) is 9.37 Å². The van der Waals surface area contributed by atoms with Gasteiger partial charge < -0.3 is 11.1 Å². The van der Waals surface area contributed by atoms with Crippen molar-refractivity contribution in [1.29, 1.82) is 0 Å². The van der Waals surface area contributed by atoms with Gasteiger partial charge in [0.1, 0.15) is 0 Å². The number of amides is 1. The van der Waals surface area contributed by atoms with Crippen LogP contribution in [0.4, 0.5) is 5.69 Å². The van der Waals surface area contributed by atoms with Crippen LogP contribution < -0.4 is 11.1 Å². The number of nitrogens with two attached hydrogens (primary N) is 1. The molecule has 1 aromatic carbocycles. The lowest BCUT2D eigenvalue weighted by atomic mass is 10.3. The largest absolute Gasteiger partial charge is 0.398 e. The zero-order valence-electron chi connectivity index (χ0n) is 9.57. The molecule has 3 nitrogen and oxygen atoms in total. The Kier molecular flexibility index (Phi) is 5.58. The van der Waals surface area contributed by atoms with Gasteiger partial charge in [-0.15, -0.1) is 18.3 Å². The molecule has 1 aromatic rings. The van der Waals surface area contributed by atoms with E-state index in [1.165, 1.54) is 11.8 Å². The van der Waals surface area contributed by atoms with Gasteiger partial charge in [-0.05, 0) is 25.1 Å². The molecule has 1 rings (SSSR count). The Labute approximate surface area is 114 Å². The molecule has 0 saturated carbocycles. The number of nitrogen functional groups attached to an aromatic ring is 1. The summed E-state index contributed by atoms with van der Waals surface area (Å²) in [5.74, 6) is -0.0165. The zero-order valence-corrected chi connectivity index (χ0v) is 12.0. The molecule has 5 heteroatoms.